The molecule has 0 saturated heterocycles. The number of carbonyl (C=O) groups is 1. The van der Waals surface area contributed by atoms with Crippen molar-refractivity contribution in [3.8, 4) is 0 Å². The molecule has 28 heavy (non-hydrogen) atoms. The molecule has 1 amide bonds. The van der Waals surface area contributed by atoms with Crippen LogP contribution < -0.4 is 10.2 Å². The van der Waals surface area contributed by atoms with Crippen LogP contribution >= 0.6 is 0 Å². The predicted molar refractivity (Wildman–Crippen MR) is 110 cm³/mol. The van der Waals surface area contributed by atoms with Gasteiger partial charge < -0.3 is 10.2 Å². The van der Waals surface area contributed by atoms with Crippen molar-refractivity contribution < 1.29 is 9.63 Å². The van der Waals surface area contributed by atoms with Crippen LogP contribution in [0.15, 0.2) is 90.1 Å². The molecule has 4 rings (SSSR count). The Bertz CT molecular complexity index is 970. The standard InChI is InChI=1S/C23H21N3O2/c1-2-24-22(27)18-15-13-17(14-16-18)21-25-28-23(19-9-5-3-6-10-19)26(21)20-11-7-4-8-12-20/h3-16,23H,2H2,1H3,(H,24,27). The van der Waals surface area contributed by atoms with Crippen molar-refractivity contribution in [2.45, 2.75) is 13.2 Å². The van der Waals surface area contributed by atoms with E-state index in [2.05, 4.69) is 15.4 Å². The number of nitrogens with zero attached hydrogens (tertiary/aromatic N) is 2. The third-order valence-electron chi connectivity index (χ3n) is 4.56. The molecular weight excluding hydrogens is 350 g/mol. The van der Waals surface area contributed by atoms with E-state index >= 15 is 0 Å². The Labute approximate surface area is 164 Å². The number of anilines is 1. The summed E-state index contributed by atoms with van der Waals surface area (Å²) in [4.78, 5) is 19.9. The minimum absolute atomic E-state index is 0.0826. The molecular formula is C23H21N3O2. The summed E-state index contributed by atoms with van der Waals surface area (Å²) in [6, 6.07) is 27.4. The Morgan fingerprint density at radius 2 is 1.61 bits per heavy atom. The first kappa shape index (κ1) is 17.8. The van der Waals surface area contributed by atoms with E-state index in [1.807, 2.05) is 91.9 Å². The highest BCUT2D eigenvalue weighted by Gasteiger charge is 2.33. The second-order valence-corrected chi connectivity index (χ2v) is 6.43. The van der Waals surface area contributed by atoms with E-state index in [9.17, 15) is 4.79 Å². The fourth-order valence-corrected chi connectivity index (χ4v) is 3.20. The van der Waals surface area contributed by atoms with Crippen molar-refractivity contribution in [1.29, 1.82) is 0 Å². The van der Waals surface area contributed by atoms with E-state index < -0.39 is 0 Å². The molecule has 1 heterocycles. The monoisotopic (exact) mass is 371 g/mol. The first-order valence-corrected chi connectivity index (χ1v) is 9.29. The molecule has 0 aromatic heterocycles. The maximum Gasteiger partial charge on any atom is 0.251 e. The Morgan fingerprint density at radius 3 is 2.25 bits per heavy atom. The van der Waals surface area contributed by atoms with Crippen LogP contribution in [0.3, 0.4) is 0 Å². The zero-order valence-corrected chi connectivity index (χ0v) is 15.6. The number of hydrogen-bond donors (Lipinski definition) is 1. The number of hydrogen-bond acceptors (Lipinski definition) is 4. The summed E-state index contributed by atoms with van der Waals surface area (Å²) in [5.41, 5.74) is 3.51. The molecule has 1 aliphatic heterocycles. The molecule has 140 valence electrons. The summed E-state index contributed by atoms with van der Waals surface area (Å²) in [7, 11) is 0. The maximum absolute atomic E-state index is 12.0. The molecule has 5 heteroatoms. The van der Waals surface area contributed by atoms with Gasteiger partial charge in [-0.05, 0) is 31.2 Å². The largest absolute Gasteiger partial charge is 0.363 e. The van der Waals surface area contributed by atoms with Gasteiger partial charge in [0.2, 0.25) is 6.23 Å². The Kier molecular flexibility index (Phi) is 5.06. The van der Waals surface area contributed by atoms with Gasteiger partial charge in [0.1, 0.15) is 0 Å². The molecule has 0 bridgehead atoms. The Balaban J connectivity index is 1.69. The molecule has 1 aliphatic rings. The van der Waals surface area contributed by atoms with Gasteiger partial charge >= 0.3 is 0 Å². The van der Waals surface area contributed by atoms with Crippen LogP contribution in [0.4, 0.5) is 5.69 Å². The fraction of sp³-hybridized carbons (Fsp3) is 0.130. The van der Waals surface area contributed by atoms with E-state index in [0.717, 1.165) is 16.8 Å². The van der Waals surface area contributed by atoms with Crippen molar-refractivity contribution in [3.05, 3.63) is 102 Å². The molecule has 5 nitrogen and oxygen atoms in total. The Hall–Kier alpha value is -3.60. The van der Waals surface area contributed by atoms with Gasteiger partial charge in [0.15, 0.2) is 5.84 Å². The van der Waals surface area contributed by atoms with Gasteiger partial charge in [0.05, 0.1) is 0 Å². The molecule has 0 radical (unpaired) electrons. The van der Waals surface area contributed by atoms with Crippen LogP contribution in [0.5, 0.6) is 0 Å². The number of amides is 1. The SMILES string of the molecule is CCNC(=O)c1ccc(C2=NOC(c3ccccc3)N2c2ccccc2)cc1. The molecule has 0 fully saturated rings. The molecule has 0 saturated carbocycles. The van der Waals surface area contributed by atoms with E-state index in [-0.39, 0.29) is 12.1 Å². The van der Waals surface area contributed by atoms with Crippen molar-refractivity contribution in [1.82, 2.24) is 5.32 Å². The molecule has 3 aromatic carbocycles. The van der Waals surface area contributed by atoms with Gasteiger partial charge in [-0.1, -0.05) is 65.8 Å². The maximum atomic E-state index is 12.0. The van der Waals surface area contributed by atoms with E-state index in [1.165, 1.54) is 0 Å². The second kappa shape index (κ2) is 7.96. The van der Waals surface area contributed by atoms with Crippen molar-refractivity contribution in [3.63, 3.8) is 0 Å². The lowest BCUT2D eigenvalue weighted by Crippen LogP contribution is -2.31. The minimum Gasteiger partial charge on any atom is -0.363 e. The lowest BCUT2D eigenvalue weighted by molar-refractivity contribution is 0.0868. The summed E-state index contributed by atoms with van der Waals surface area (Å²) in [5, 5.41) is 7.18. The fourth-order valence-electron chi connectivity index (χ4n) is 3.20. The molecule has 0 aliphatic carbocycles. The lowest BCUT2D eigenvalue weighted by atomic mass is 10.1. The van der Waals surface area contributed by atoms with Crippen LogP contribution in [0.25, 0.3) is 0 Å². The van der Waals surface area contributed by atoms with Gasteiger partial charge in [0.25, 0.3) is 5.91 Å². The van der Waals surface area contributed by atoms with Crippen LogP contribution in [0.1, 0.15) is 34.6 Å². The predicted octanol–water partition coefficient (Wildman–Crippen LogP) is 4.33. The first-order chi connectivity index (χ1) is 13.8. The topological polar surface area (TPSA) is 53.9 Å². The van der Waals surface area contributed by atoms with Crippen LogP contribution in [0, 0.1) is 0 Å². The third kappa shape index (κ3) is 3.47. The van der Waals surface area contributed by atoms with Crippen molar-refractivity contribution >= 4 is 17.4 Å². The zero-order valence-electron chi connectivity index (χ0n) is 15.6. The number of carbonyl (C=O) groups excluding carboxylic acids is 1. The number of oxime groups is 1. The van der Waals surface area contributed by atoms with Gasteiger partial charge in [-0.3, -0.25) is 9.69 Å². The van der Waals surface area contributed by atoms with Crippen LogP contribution in [0.2, 0.25) is 0 Å². The molecule has 0 spiro atoms. The van der Waals surface area contributed by atoms with Gasteiger partial charge in [0, 0.05) is 28.9 Å². The van der Waals surface area contributed by atoms with E-state index in [1.54, 1.807) is 0 Å². The van der Waals surface area contributed by atoms with Crippen molar-refractivity contribution in [2.24, 2.45) is 5.16 Å². The number of rotatable bonds is 5. The zero-order chi connectivity index (χ0) is 19.3. The van der Waals surface area contributed by atoms with Crippen LogP contribution in [-0.2, 0) is 4.84 Å². The van der Waals surface area contributed by atoms with Gasteiger partial charge in [-0.15, -0.1) is 0 Å². The first-order valence-electron chi connectivity index (χ1n) is 9.29. The van der Waals surface area contributed by atoms with Crippen LogP contribution in [-0.4, -0.2) is 18.3 Å². The van der Waals surface area contributed by atoms with Gasteiger partial charge in [-0.25, -0.2) is 0 Å². The van der Waals surface area contributed by atoms with E-state index in [0.29, 0.717) is 17.9 Å². The molecule has 1 N–H and O–H groups in total. The molecule has 3 aromatic rings. The normalized spacial score (nSPS) is 15.7. The second-order valence-electron chi connectivity index (χ2n) is 6.43. The minimum atomic E-state index is -0.346. The smallest absolute Gasteiger partial charge is 0.251 e. The summed E-state index contributed by atoms with van der Waals surface area (Å²) in [5.74, 6) is 0.628. The lowest BCUT2D eigenvalue weighted by Gasteiger charge is -2.25. The Morgan fingerprint density at radius 1 is 0.964 bits per heavy atom. The number of para-hydroxylation sites is 1. The summed E-state index contributed by atoms with van der Waals surface area (Å²) in [6.07, 6.45) is -0.346. The molecule has 1 atom stereocenters. The number of nitrogens with one attached hydrogen (secondary N) is 1. The number of benzene rings is 3. The highest BCUT2D eigenvalue weighted by Crippen LogP contribution is 2.34. The van der Waals surface area contributed by atoms with E-state index in [4.69, 9.17) is 4.84 Å². The summed E-state index contributed by atoms with van der Waals surface area (Å²) >= 11 is 0. The number of amidine groups is 1. The highest BCUT2D eigenvalue weighted by molar-refractivity contribution is 6.11. The quantitative estimate of drug-likeness (QED) is 0.726. The average molecular weight is 371 g/mol. The summed E-state index contributed by atoms with van der Waals surface area (Å²) < 4.78 is 0. The van der Waals surface area contributed by atoms with Crippen molar-refractivity contribution in [2.75, 3.05) is 11.4 Å². The average Bonchev–Trinajstić information content (AvgIpc) is 3.20. The third-order valence-corrected chi connectivity index (χ3v) is 4.56. The molecule has 1 unspecified atom stereocenters. The highest BCUT2D eigenvalue weighted by atomic mass is 16.7. The van der Waals surface area contributed by atoms with Gasteiger partial charge in [-0.2, -0.15) is 0 Å². The summed E-state index contributed by atoms with van der Waals surface area (Å²) in [6.45, 7) is 2.50.